The predicted octanol–water partition coefficient (Wildman–Crippen LogP) is 1.94. The van der Waals surface area contributed by atoms with Crippen molar-refractivity contribution in [1.29, 1.82) is 0 Å². The van der Waals surface area contributed by atoms with E-state index < -0.39 is 0 Å². The molecule has 0 aliphatic heterocycles. The first-order chi connectivity index (χ1) is 7.31. The van der Waals surface area contributed by atoms with Crippen molar-refractivity contribution in [2.75, 3.05) is 13.2 Å². The van der Waals surface area contributed by atoms with Gasteiger partial charge in [0.25, 0.3) is 0 Å². The number of hydrogen-bond acceptors (Lipinski definition) is 3. The van der Waals surface area contributed by atoms with Crippen LogP contribution < -0.4 is 0 Å². The summed E-state index contributed by atoms with van der Waals surface area (Å²) in [5.74, 6) is 0.927. The lowest BCUT2D eigenvalue weighted by Crippen LogP contribution is -2.50. The molecule has 3 nitrogen and oxygen atoms in total. The molecule has 0 bridgehead atoms. The van der Waals surface area contributed by atoms with E-state index in [2.05, 4.69) is 0 Å². The standard InChI is InChI=1S/C12H20O3/c1-2-14-12-10(13)7-11(12)15-8-9-5-3-4-6-9/h9,11-12H,2-8H2,1H3. The fourth-order valence-corrected chi connectivity index (χ4v) is 2.43. The summed E-state index contributed by atoms with van der Waals surface area (Å²) in [6.45, 7) is 3.33. The first-order valence-corrected chi connectivity index (χ1v) is 6.07. The number of ketones is 1. The molecule has 0 amide bonds. The third-order valence-electron chi connectivity index (χ3n) is 3.42. The van der Waals surface area contributed by atoms with Gasteiger partial charge in [0.05, 0.1) is 6.10 Å². The van der Waals surface area contributed by atoms with Gasteiger partial charge in [0.2, 0.25) is 0 Å². The lowest BCUT2D eigenvalue weighted by Gasteiger charge is -2.34. The van der Waals surface area contributed by atoms with Crippen molar-refractivity contribution in [3.8, 4) is 0 Å². The molecule has 0 aromatic heterocycles. The molecular weight excluding hydrogens is 192 g/mol. The highest BCUT2D eigenvalue weighted by Crippen LogP contribution is 2.28. The second-order valence-corrected chi connectivity index (χ2v) is 4.57. The minimum Gasteiger partial charge on any atom is -0.374 e. The summed E-state index contributed by atoms with van der Waals surface area (Å²) in [7, 11) is 0. The first-order valence-electron chi connectivity index (χ1n) is 6.07. The number of Topliss-reactive ketones (excluding diaryl/α,β-unsaturated/α-hetero) is 1. The van der Waals surface area contributed by atoms with Gasteiger partial charge in [0, 0.05) is 19.6 Å². The smallest absolute Gasteiger partial charge is 0.166 e. The van der Waals surface area contributed by atoms with Crippen LogP contribution in [-0.2, 0) is 14.3 Å². The summed E-state index contributed by atoms with van der Waals surface area (Å²) in [5, 5.41) is 0. The summed E-state index contributed by atoms with van der Waals surface area (Å²) in [6, 6.07) is 0. The topological polar surface area (TPSA) is 35.5 Å². The number of hydrogen-bond donors (Lipinski definition) is 0. The molecule has 2 atom stereocenters. The molecular formula is C12H20O3. The van der Waals surface area contributed by atoms with Gasteiger partial charge in [0.1, 0.15) is 6.10 Å². The summed E-state index contributed by atoms with van der Waals surface area (Å²) in [5.41, 5.74) is 0. The maximum Gasteiger partial charge on any atom is 0.166 e. The lowest BCUT2D eigenvalue weighted by atomic mass is 9.90. The number of ether oxygens (including phenoxy) is 2. The predicted molar refractivity (Wildman–Crippen MR) is 56.7 cm³/mol. The third kappa shape index (κ3) is 2.58. The van der Waals surface area contributed by atoms with Crippen LogP contribution in [0, 0.1) is 5.92 Å². The van der Waals surface area contributed by atoms with Crippen molar-refractivity contribution < 1.29 is 14.3 Å². The molecule has 2 aliphatic rings. The third-order valence-corrected chi connectivity index (χ3v) is 3.42. The molecule has 0 saturated heterocycles. The van der Waals surface area contributed by atoms with Crippen LogP contribution in [0.4, 0.5) is 0 Å². The highest BCUT2D eigenvalue weighted by atomic mass is 16.5. The van der Waals surface area contributed by atoms with Crippen LogP contribution in [0.15, 0.2) is 0 Å². The summed E-state index contributed by atoms with van der Waals surface area (Å²) >= 11 is 0. The van der Waals surface area contributed by atoms with Crippen LogP contribution in [-0.4, -0.2) is 31.2 Å². The Hall–Kier alpha value is -0.410. The summed E-state index contributed by atoms with van der Waals surface area (Å²) in [6.07, 6.45) is 5.59. The zero-order valence-corrected chi connectivity index (χ0v) is 9.41. The van der Waals surface area contributed by atoms with Gasteiger partial charge in [-0.2, -0.15) is 0 Å². The molecule has 0 N–H and O–H groups in total. The van der Waals surface area contributed by atoms with Crippen molar-refractivity contribution in [1.82, 2.24) is 0 Å². The highest BCUT2D eigenvalue weighted by molar-refractivity contribution is 5.90. The van der Waals surface area contributed by atoms with E-state index in [0.29, 0.717) is 13.0 Å². The Morgan fingerprint density at radius 2 is 2.00 bits per heavy atom. The second-order valence-electron chi connectivity index (χ2n) is 4.57. The van der Waals surface area contributed by atoms with Crippen molar-refractivity contribution in [3.05, 3.63) is 0 Å². The minimum atomic E-state index is -0.267. The van der Waals surface area contributed by atoms with E-state index in [9.17, 15) is 4.79 Å². The molecule has 0 aromatic carbocycles. The Kier molecular flexibility index (Phi) is 3.76. The second kappa shape index (κ2) is 5.08. The molecule has 2 saturated carbocycles. The monoisotopic (exact) mass is 212 g/mol. The van der Waals surface area contributed by atoms with Gasteiger partial charge in [-0.1, -0.05) is 12.8 Å². The fraction of sp³-hybridized carbons (Fsp3) is 0.917. The van der Waals surface area contributed by atoms with Gasteiger partial charge in [-0.25, -0.2) is 0 Å². The summed E-state index contributed by atoms with van der Waals surface area (Å²) < 4.78 is 11.1. The van der Waals surface area contributed by atoms with Crippen molar-refractivity contribution >= 4 is 5.78 Å². The van der Waals surface area contributed by atoms with Crippen molar-refractivity contribution in [2.24, 2.45) is 5.92 Å². The van der Waals surface area contributed by atoms with E-state index in [0.717, 1.165) is 12.5 Å². The number of carbonyl (C=O) groups is 1. The Morgan fingerprint density at radius 1 is 1.27 bits per heavy atom. The Morgan fingerprint density at radius 3 is 2.60 bits per heavy atom. The number of rotatable bonds is 5. The molecule has 3 heteroatoms. The van der Waals surface area contributed by atoms with Gasteiger partial charge in [-0.15, -0.1) is 0 Å². The van der Waals surface area contributed by atoms with Crippen LogP contribution >= 0.6 is 0 Å². The molecule has 2 rings (SSSR count). The SMILES string of the molecule is CCOC1C(=O)CC1OCC1CCCC1. The molecule has 0 radical (unpaired) electrons. The van der Waals surface area contributed by atoms with E-state index in [1.54, 1.807) is 0 Å². The van der Waals surface area contributed by atoms with Gasteiger partial charge >= 0.3 is 0 Å². The van der Waals surface area contributed by atoms with Crippen LogP contribution in [0.25, 0.3) is 0 Å². The Bertz CT molecular complexity index is 221. The molecule has 0 aromatic rings. The molecule has 15 heavy (non-hydrogen) atoms. The largest absolute Gasteiger partial charge is 0.374 e. The summed E-state index contributed by atoms with van der Waals surface area (Å²) in [4.78, 5) is 11.2. The zero-order chi connectivity index (χ0) is 10.7. The van der Waals surface area contributed by atoms with E-state index >= 15 is 0 Å². The maximum absolute atomic E-state index is 11.2. The molecule has 2 unspecified atom stereocenters. The van der Waals surface area contributed by atoms with E-state index in [-0.39, 0.29) is 18.0 Å². The number of carbonyl (C=O) groups excluding carboxylic acids is 1. The van der Waals surface area contributed by atoms with Crippen molar-refractivity contribution in [3.63, 3.8) is 0 Å². The highest BCUT2D eigenvalue weighted by Gasteiger charge is 2.41. The Labute approximate surface area is 91.1 Å². The fourth-order valence-electron chi connectivity index (χ4n) is 2.43. The normalized spacial score (nSPS) is 31.9. The average molecular weight is 212 g/mol. The van der Waals surface area contributed by atoms with Crippen LogP contribution in [0.2, 0.25) is 0 Å². The van der Waals surface area contributed by atoms with Crippen LogP contribution in [0.5, 0.6) is 0 Å². The molecule has 0 heterocycles. The van der Waals surface area contributed by atoms with Gasteiger partial charge in [-0.05, 0) is 25.7 Å². The van der Waals surface area contributed by atoms with Crippen LogP contribution in [0.1, 0.15) is 39.0 Å². The first kappa shape index (κ1) is 11.1. The molecule has 0 spiro atoms. The molecule has 2 aliphatic carbocycles. The van der Waals surface area contributed by atoms with Gasteiger partial charge in [0.15, 0.2) is 5.78 Å². The van der Waals surface area contributed by atoms with Gasteiger partial charge in [-0.3, -0.25) is 4.79 Å². The maximum atomic E-state index is 11.2. The minimum absolute atomic E-state index is 0.0399. The molecule has 2 fully saturated rings. The van der Waals surface area contributed by atoms with Crippen molar-refractivity contribution in [2.45, 2.75) is 51.2 Å². The quantitative estimate of drug-likeness (QED) is 0.698. The van der Waals surface area contributed by atoms with Crippen LogP contribution in [0.3, 0.4) is 0 Å². The zero-order valence-electron chi connectivity index (χ0n) is 9.41. The van der Waals surface area contributed by atoms with E-state index in [1.807, 2.05) is 6.92 Å². The Balaban J connectivity index is 1.68. The average Bonchev–Trinajstić information content (AvgIpc) is 2.73. The van der Waals surface area contributed by atoms with E-state index in [1.165, 1.54) is 25.7 Å². The molecule has 86 valence electrons. The lowest BCUT2D eigenvalue weighted by molar-refractivity contribution is -0.166. The van der Waals surface area contributed by atoms with E-state index in [4.69, 9.17) is 9.47 Å². The van der Waals surface area contributed by atoms with Gasteiger partial charge < -0.3 is 9.47 Å².